The molecule has 1 aromatic rings. The maximum Gasteiger partial charge on any atom is 0.408 e. The van der Waals surface area contributed by atoms with Crippen molar-refractivity contribution in [2.75, 3.05) is 0 Å². The number of nitrogens with one attached hydrogen (secondary N) is 1. The van der Waals surface area contributed by atoms with E-state index >= 15 is 0 Å². The second-order valence-corrected chi connectivity index (χ2v) is 3.48. The summed E-state index contributed by atoms with van der Waals surface area (Å²) in [5, 5.41) is 10.6. The molecule has 0 heterocycles. The topological polar surface area (TPSA) is 119 Å². The predicted molar refractivity (Wildman–Crippen MR) is 69.6 cm³/mol. The highest BCUT2D eigenvalue weighted by molar-refractivity contribution is 5.81. The van der Waals surface area contributed by atoms with Crippen molar-refractivity contribution in [3.63, 3.8) is 0 Å². The fourth-order valence-electron chi connectivity index (χ4n) is 1.12. The van der Waals surface area contributed by atoms with Crippen LogP contribution in [0.4, 0.5) is 4.79 Å². The van der Waals surface area contributed by atoms with Crippen LogP contribution in [0.2, 0.25) is 0 Å². The Morgan fingerprint density at radius 1 is 1.40 bits per heavy atom. The first kappa shape index (κ1) is 9.35. The number of aliphatic carboxylic acids is 1. The molecular weight excluding hydrogens is 264 g/mol. The molecule has 0 aliphatic rings. The average molecular weight is 285 g/mol. The summed E-state index contributed by atoms with van der Waals surface area (Å²) in [7, 11) is 0. The lowest BCUT2D eigenvalue weighted by Crippen LogP contribution is -2.41. The number of benzene rings is 1. The van der Waals surface area contributed by atoms with Crippen LogP contribution in [0.25, 0.3) is 0 Å². The Balaban J connectivity index is 3.00. The summed E-state index contributed by atoms with van der Waals surface area (Å²) in [6, 6.07) is 4.65. The van der Waals surface area contributed by atoms with Crippen LogP contribution < -0.4 is 11.1 Å². The Hall–Kier alpha value is -2.57. The summed E-state index contributed by atoms with van der Waals surface area (Å²) < 4.78 is 42.3. The van der Waals surface area contributed by atoms with E-state index in [1.807, 2.05) is 0 Å². The molecule has 108 valence electrons. The van der Waals surface area contributed by atoms with Crippen molar-refractivity contribution in [3.05, 3.63) is 35.9 Å². The third-order valence-electron chi connectivity index (χ3n) is 1.96. The molecule has 0 saturated carbocycles. The van der Waals surface area contributed by atoms with E-state index in [1.54, 1.807) is 30.3 Å². The van der Waals surface area contributed by atoms with Crippen molar-refractivity contribution in [1.29, 1.82) is 0 Å². The molecule has 0 aliphatic heterocycles. The first-order chi connectivity index (χ1) is 11.4. The summed E-state index contributed by atoms with van der Waals surface area (Å²) >= 11 is 0. The molecule has 1 rings (SSSR count). The van der Waals surface area contributed by atoms with Gasteiger partial charge in [0.05, 0.1) is 1.37 Å². The van der Waals surface area contributed by atoms with Gasteiger partial charge in [0.1, 0.15) is 12.6 Å². The lowest BCUT2D eigenvalue weighted by molar-refractivity contribution is -0.139. The highest BCUT2D eigenvalue weighted by Crippen LogP contribution is 2.02. The van der Waals surface area contributed by atoms with Gasteiger partial charge in [0.2, 0.25) is 5.91 Å². The van der Waals surface area contributed by atoms with Gasteiger partial charge in [0.25, 0.3) is 0 Å². The van der Waals surface area contributed by atoms with Gasteiger partial charge >= 0.3 is 12.1 Å². The zero-order chi connectivity index (χ0) is 19.5. The average Bonchev–Trinajstić information content (AvgIpc) is 2.53. The predicted octanol–water partition coefficient (Wildman–Crippen LogP) is 0.632. The number of alkyl carbamates (subject to hydrolysis) is 1. The minimum Gasteiger partial charge on any atom is -0.480 e. The number of amides is 2. The standard InChI is InChI=1S/C13H16N2O5/c14-11(16)7-6-10(12(17)18)15-13(19)20-8-9-4-2-1-3-5-9/h1-5,10H,6-8H2,(H2,14,16)(H,15,19)(H,17,18)/i6D2,7D2,10D. The third kappa shape index (κ3) is 5.85. The van der Waals surface area contributed by atoms with Crippen molar-refractivity contribution in [2.45, 2.75) is 25.4 Å². The number of hydrogen-bond donors (Lipinski definition) is 3. The monoisotopic (exact) mass is 285 g/mol. The van der Waals surface area contributed by atoms with Gasteiger partial charge in [-0.15, -0.1) is 0 Å². The minimum absolute atomic E-state index is 0.298. The number of rotatable bonds is 7. The second-order valence-electron chi connectivity index (χ2n) is 3.48. The third-order valence-corrected chi connectivity index (χ3v) is 1.96. The van der Waals surface area contributed by atoms with E-state index in [9.17, 15) is 14.4 Å². The molecule has 7 nitrogen and oxygen atoms in total. The molecule has 0 fully saturated rings. The Morgan fingerprint density at radius 3 is 2.60 bits per heavy atom. The van der Waals surface area contributed by atoms with Crippen LogP contribution in [-0.2, 0) is 20.9 Å². The molecule has 1 atom stereocenters. The normalized spacial score (nSPS) is 18.1. The van der Waals surface area contributed by atoms with Crippen molar-refractivity contribution >= 4 is 18.0 Å². The molecule has 4 N–H and O–H groups in total. The Morgan fingerprint density at radius 2 is 2.05 bits per heavy atom. The zero-order valence-corrected chi connectivity index (χ0v) is 10.3. The zero-order valence-electron chi connectivity index (χ0n) is 15.3. The summed E-state index contributed by atoms with van der Waals surface area (Å²) in [5.41, 5.74) is 5.29. The smallest absolute Gasteiger partial charge is 0.408 e. The van der Waals surface area contributed by atoms with Gasteiger partial charge in [-0.1, -0.05) is 30.3 Å². The van der Waals surface area contributed by atoms with Crippen LogP contribution in [0.1, 0.15) is 25.2 Å². The Kier molecular flexibility index (Phi) is 3.64. The van der Waals surface area contributed by atoms with Crippen molar-refractivity contribution in [2.24, 2.45) is 5.73 Å². The summed E-state index contributed by atoms with van der Waals surface area (Å²) in [5.74, 6) is -4.06. The van der Waals surface area contributed by atoms with Crippen LogP contribution >= 0.6 is 0 Å². The van der Waals surface area contributed by atoms with Crippen LogP contribution in [0.3, 0.4) is 0 Å². The highest BCUT2D eigenvalue weighted by Gasteiger charge is 2.21. The van der Waals surface area contributed by atoms with Gasteiger partial charge in [0.15, 0.2) is 0 Å². The largest absolute Gasteiger partial charge is 0.480 e. The van der Waals surface area contributed by atoms with Crippen LogP contribution in [0, 0.1) is 0 Å². The molecule has 7 heteroatoms. The molecule has 0 radical (unpaired) electrons. The van der Waals surface area contributed by atoms with Crippen LogP contribution in [0.5, 0.6) is 0 Å². The van der Waals surface area contributed by atoms with Crippen molar-refractivity contribution < 1.29 is 31.1 Å². The van der Waals surface area contributed by atoms with E-state index in [1.165, 1.54) is 5.32 Å². The van der Waals surface area contributed by atoms with Gasteiger partial charge < -0.3 is 20.9 Å². The Bertz CT molecular complexity index is 670. The lowest BCUT2D eigenvalue weighted by atomic mass is 10.1. The molecule has 0 aliphatic carbocycles. The molecule has 0 spiro atoms. The van der Waals surface area contributed by atoms with Gasteiger partial charge in [-0.2, -0.15) is 0 Å². The Labute approximate surface area is 122 Å². The van der Waals surface area contributed by atoms with E-state index in [0.717, 1.165) is 0 Å². The van der Waals surface area contributed by atoms with Gasteiger partial charge in [-0.05, 0) is 11.9 Å². The number of hydrogen-bond acceptors (Lipinski definition) is 4. The quantitative estimate of drug-likeness (QED) is 0.679. The molecule has 0 bridgehead atoms. The number of carboxylic acid groups (broad SMARTS) is 1. The van der Waals surface area contributed by atoms with Gasteiger partial charge in [0, 0.05) is 11.9 Å². The van der Waals surface area contributed by atoms with E-state index in [0.29, 0.717) is 5.56 Å². The summed E-state index contributed by atoms with van der Waals surface area (Å²) in [4.78, 5) is 34.2. The summed E-state index contributed by atoms with van der Waals surface area (Å²) in [6.45, 7) is -0.298. The van der Waals surface area contributed by atoms with Crippen molar-refractivity contribution in [3.8, 4) is 0 Å². The molecule has 1 aromatic carbocycles. The minimum atomic E-state index is -3.70. The first-order valence-electron chi connectivity index (χ1n) is 7.88. The SMILES string of the molecule is [2H]C([2H])(C(N)=O)C([2H])([2H])C([2H])(NC(=O)OCc1ccccc1)C(=O)O. The molecule has 20 heavy (non-hydrogen) atoms. The number of nitrogens with two attached hydrogens (primary N) is 1. The van der Waals surface area contributed by atoms with E-state index in [4.69, 9.17) is 22.4 Å². The maximum atomic E-state index is 11.8. The van der Waals surface area contributed by atoms with Gasteiger partial charge in [-0.25, -0.2) is 9.59 Å². The molecular formula is C13H16N2O5. The van der Waals surface area contributed by atoms with E-state index < -0.39 is 36.7 Å². The number of carbonyl (C=O) groups is 3. The van der Waals surface area contributed by atoms with Crippen LogP contribution in [-0.4, -0.2) is 29.1 Å². The van der Waals surface area contributed by atoms with E-state index in [-0.39, 0.29) is 6.61 Å². The number of carboxylic acids is 1. The van der Waals surface area contributed by atoms with Crippen LogP contribution in [0.15, 0.2) is 30.3 Å². The fourth-order valence-corrected chi connectivity index (χ4v) is 1.12. The second kappa shape index (κ2) is 7.78. The number of primary amides is 1. The highest BCUT2D eigenvalue weighted by atomic mass is 16.5. The fraction of sp³-hybridized carbons (Fsp3) is 0.308. The summed E-state index contributed by atoms with van der Waals surface area (Å²) in [6.07, 6.45) is -8.74. The van der Waals surface area contributed by atoms with Crippen molar-refractivity contribution in [1.82, 2.24) is 5.32 Å². The molecule has 0 aromatic heterocycles. The van der Waals surface area contributed by atoms with E-state index in [2.05, 4.69) is 0 Å². The first-order valence-corrected chi connectivity index (χ1v) is 5.38. The molecule has 1 unspecified atom stereocenters. The number of carbonyl (C=O) groups excluding carboxylic acids is 2. The molecule has 0 saturated heterocycles. The lowest BCUT2D eigenvalue weighted by Gasteiger charge is -2.13. The molecule has 2 amide bonds. The van der Waals surface area contributed by atoms with Gasteiger partial charge in [-0.3, -0.25) is 4.79 Å². The maximum absolute atomic E-state index is 11.8. The number of ether oxygens (including phenoxy) is 1.